The summed E-state index contributed by atoms with van der Waals surface area (Å²) in [6.07, 6.45) is 1.31. The summed E-state index contributed by atoms with van der Waals surface area (Å²) in [5.74, 6) is -0.696. The molecule has 4 heteroatoms. The van der Waals surface area contributed by atoms with Gasteiger partial charge in [0.2, 0.25) is 0 Å². The van der Waals surface area contributed by atoms with Crippen LogP contribution in [-0.4, -0.2) is 11.8 Å². The minimum absolute atomic E-state index is 0.340. The Morgan fingerprint density at radius 3 is 2.57 bits per heavy atom. The summed E-state index contributed by atoms with van der Waals surface area (Å²) in [6, 6.07) is 7.26. The molecule has 1 heterocycles. The zero-order valence-corrected chi connectivity index (χ0v) is 8.67. The molecule has 14 heavy (non-hydrogen) atoms. The lowest BCUT2D eigenvalue weighted by molar-refractivity contribution is -0.123. The van der Waals surface area contributed by atoms with Crippen molar-refractivity contribution >= 4 is 33.3 Å². The van der Waals surface area contributed by atoms with Gasteiger partial charge in [-0.15, -0.1) is 0 Å². The van der Waals surface area contributed by atoms with E-state index in [1.165, 1.54) is 6.08 Å². The topological polar surface area (TPSA) is 46.2 Å². The summed E-state index contributed by atoms with van der Waals surface area (Å²) in [4.78, 5) is 22.2. The van der Waals surface area contributed by atoms with Gasteiger partial charge in [0.1, 0.15) is 0 Å². The summed E-state index contributed by atoms with van der Waals surface area (Å²) < 4.78 is 0.878. The summed E-state index contributed by atoms with van der Waals surface area (Å²) >= 11 is 3.30. The summed E-state index contributed by atoms with van der Waals surface area (Å²) in [7, 11) is 0. The van der Waals surface area contributed by atoms with E-state index >= 15 is 0 Å². The van der Waals surface area contributed by atoms with Crippen LogP contribution in [0.1, 0.15) is 5.56 Å². The van der Waals surface area contributed by atoms with Gasteiger partial charge in [-0.2, -0.15) is 0 Å². The maximum Gasteiger partial charge on any atom is 0.258 e. The lowest BCUT2D eigenvalue weighted by Gasteiger charge is -1.99. The predicted octanol–water partition coefficient (Wildman–Crippen LogP) is 1.49. The van der Waals surface area contributed by atoms with Crippen LogP contribution in [0.4, 0.5) is 0 Å². The van der Waals surface area contributed by atoms with E-state index in [1.807, 2.05) is 12.1 Å². The summed E-state index contributed by atoms with van der Waals surface area (Å²) in [5.41, 5.74) is 1.15. The van der Waals surface area contributed by atoms with E-state index in [0.717, 1.165) is 10.0 Å². The number of carbonyl (C=O) groups excluding carboxylic acids is 2. The van der Waals surface area contributed by atoms with Gasteiger partial charge >= 0.3 is 0 Å². The highest BCUT2D eigenvalue weighted by Crippen LogP contribution is 2.21. The molecule has 1 aliphatic heterocycles. The lowest BCUT2D eigenvalue weighted by atomic mass is 10.1. The largest absolute Gasteiger partial charge is 0.289 e. The van der Waals surface area contributed by atoms with Gasteiger partial charge in [-0.25, -0.2) is 0 Å². The highest BCUT2D eigenvalue weighted by Gasteiger charge is 2.21. The van der Waals surface area contributed by atoms with E-state index < -0.39 is 0 Å². The van der Waals surface area contributed by atoms with Gasteiger partial charge in [0.25, 0.3) is 11.8 Å². The van der Waals surface area contributed by atoms with Gasteiger partial charge in [0, 0.05) is 10.5 Å². The first kappa shape index (κ1) is 9.15. The van der Waals surface area contributed by atoms with Gasteiger partial charge in [0.15, 0.2) is 0 Å². The normalized spacial score (nSPS) is 15.4. The maximum absolute atomic E-state index is 11.3. The third-order valence-electron chi connectivity index (χ3n) is 1.89. The molecular weight excluding hydrogens is 246 g/mol. The fraction of sp³-hybridized carbons (Fsp3) is 0. The maximum atomic E-state index is 11.3. The monoisotopic (exact) mass is 251 g/mol. The average molecular weight is 252 g/mol. The van der Waals surface area contributed by atoms with E-state index in [1.54, 1.807) is 12.1 Å². The van der Waals surface area contributed by atoms with Crippen LogP contribution in [0.3, 0.4) is 0 Å². The van der Waals surface area contributed by atoms with Crippen LogP contribution in [0.25, 0.3) is 5.57 Å². The molecule has 1 aromatic rings. The number of benzene rings is 1. The number of halogens is 1. The zero-order valence-electron chi connectivity index (χ0n) is 7.08. The number of carbonyl (C=O) groups is 2. The lowest BCUT2D eigenvalue weighted by Crippen LogP contribution is -2.21. The Morgan fingerprint density at radius 2 is 2.00 bits per heavy atom. The molecular formula is C10H6BrNO2. The molecule has 0 unspecified atom stereocenters. The van der Waals surface area contributed by atoms with Crippen molar-refractivity contribution in [3.05, 3.63) is 40.4 Å². The zero-order chi connectivity index (χ0) is 10.1. The molecule has 2 amide bonds. The number of hydrogen-bond acceptors (Lipinski definition) is 2. The van der Waals surface area contributed by atoms with Crippen molar-refractivity contribution < 1.29 is 9.59 Å². The number of rotatable bonds is 1. The van der Waals surface area contributed by atoms with Crippen LogP contribution in [0.2, 0.25) is 0 Å². The van der Waals surface area contributed by atoms with Crippen LogP contribution in [0.15, 0.2) is 34.8 Å². The Morgan fingerprint density at radius 1 is 1.21 bits per heavy atom. The second kappa shape index (κ2) is 3.38. The molecule has 0 spiro atoms. The Balaban J connectivity index is 2.45. The molecule has 0 bridgehead atoms. The number of hydrogen-bond donors (Lipinski definition) is 1. The predicted molar refractivity (Wildman–Crippen MR) is 55.3 cm³/mol. The third kappa shape index (κ3) is 1.61. The smallest absolute Gasteiger partial charge is 0.258 e. The van der Waals surface area contributed by atoms with E-state index in [-0.39, 0.29) is 11.8 Å². The van der Waals surface area contributed by atoms with Crippen molar-refractivity contribution in [3.63, 3.8) is 0 Å². The second-order valence-electron chi connectivity index (χ2n) is 2.89. The Hall–Kier alpha value is -1.42. The quantitative estimate of drug-likeness (QED) is 0.769. The van der Waals surface area contributed by atoms with E-state index in [4.69, 9.17) is 0 Å². The van der Waals surface area contributed by atoms with E-state index in [9.17, 15) is 9.59 Å². The van der Waals surface area contributed by atoms with Crippen LogP contribution in [0, 0.1) is 0 Å². The molecule has 0 saturated carbocycles. The van der Waals surface area contributed by atoms with Crippen LogP contribution in [-0.2, 0) is 9.59 Å². The molecule has 1 N–H and O–H groups in total. The molecule has 0 saturated heterocycles. The third-order valence-corrected chi connectivity index (χ3v) is 2.39. The molecule has 70 valence electrons. The van der Waals surface area contributed by atoms with Gasteiger partial charge in [-0.1, -0.05) is 28.1 Å². The summed E-state index contributed by atoms with van der Waals surface area (Å²) in [5, 5.41) is 2.20. The van der Waals surface area contributed by atoms with Crippen LogP contribution >= 0.6 is 15.9 Å². The average Bonchev–Trinajstić information content (AvgIpc) is 2.45. The van der Waals surface area contributed by atoms with Crippen molar-refractivity contribution in [1.29, 1.82) is 0 Å². The molecule has 0 aromatic heterocycles. The van der Waals surface area contributed by atoms with E-state index in [2.05, 4.69) is 21.2 Å². The molecule has 0 aliphatic carbocycles. The highest BCUT2D eigenvalue weighted by atomic mass is 79.9. The first-order valence-corrected chi connectivity index (χ1v) is 4.79. The fourth-order valence-corrected chi connectivity index (χ4v) is 1.68. The number of imide groups is 1. The SMILES string of the molecule is O=C1C=C(c2cccc(Br)c2)C(=O)N1. The van der Waals surface area contributed by atoms with Crippen LogP contribution in [0.5, 0.6) is 0 Å². The van der Waals surface area contributed by atoms with Crippen molar-refractivity contribution in [2.45, 2.75) is 0 Å². The van der Waals surface area contributed by atoms with Crippen molar-refractivity contribution in [3.8, 4) is 0 Å². The molecule has 0 atom stereocenters. The number of amides is 2. The molecule has 1 aliphatic rings. The van der Waals surface area contributed by atoms with Crippen molar-refractivity contribution in [2.75, 3.05) is 0 Å². The molecule has 0 radical (unpaired) electrons. The second-order valence-corrected chi connectivity index (χ2v) is 3.80. The number of nitrogens with one attached hydrogen (secondary N) is 1. The summed E-state index contributed by atoms with van der Waals surface area (Å²) in [6.45, 7) is 0. The van der Waals surface area contributed by atoms with Crippen LogP contribution < -0.4 is 5.32 Å². The first-order chi connectivity index (χ1) is 6.66. The molecule has 2 rings (SSSR count). The molecule has 1 aromatic carbocycles. The van der Waals surface area contributed by atoms with Gasteiger partial charge < -0.3 is 0 Å². The fourth-order valence-electron chi connectivity index (χ4n) is 1.28. The standard InChI is InChI=1S/C10H6BrNO2/c11-7-3-1-2-6(4-7)8-5-9(13)12-10(8)14/h1-5H,(H,12,13,14). The first-order valence-electron chi connectivity index (χ1n) is 4.00. The highest BCUT2D eigenvalue weighted by molar-refractivity contribution is 9.10. The van der Waals surface area contributed by atoms with Crippen molar-refractivity contribution in [2.24, 2.45) is 0 Å². The minimum Gasteiger partial charge on any atom is -0.289 e. The Bertz CT molecular complexity index is 451. The molecule has 3 nitrogen and oxygen atoms in total. The van der Waals surface area contributed by atoms with E-state index in [0.29, 0.717) is 5.57 Å². The van der Waals surface area contributed by atoms with Crippen molar-refractivity contribution in [1.82, 2.24) is 5.32 Å². The van der Waals surface area contributed by atoms with Gasteiger partial charge in [0.05, 0.1) is 5.57 Å². The molecule has 0 fully saturated rings. The Labute approximate surface area is 88.9 Å². The van der Waals surface area contributed by atoms with Gasteiger partial charge in [-0.3, -0.25) is 14.9 Å². The minimum atomic E-state index is -0.357. The van der Waals surface area contributed by atoms with Gasteiger partial charge in [-0.05, 0) is 17.7 Å². The Kier molecular flexibility index (Phi) is 2.21.